The number of benzene rings is 2. The third-order valence-corrected chi connectivity index (χ3v) is 5.60. The molecule has 0 atom stereocenters. The lowest BCUT2D eigenvalue weighted by Crippen LogP contribution is -2.37. The van der Waals surface area contributed by atoms with Crippen molar-refractivity contribution in [2.24, 2.45) is 5.73 Å². The molecule has 0 aromatic heterocycles. The molecule has 0 fully saturated rings. The van der Waals surface area contributed by atoms with Crippen LogP contribution in [0.3, 0.4) is 0 Å². The van der Waals surface area contributed by atoms with Crippen molar-refractivity contribution in [3.05, 3.63) is 67.6 Å². The summed E-state index contributed by atoms with van der Waals surface area (Å²) < 4.78 is 107. The van der Waals surface area contributed by atoms with Gasteiger partial charge in [0.1, 0.15) is 0 Å². The molecule has 2 rings (SSSR count). The van der Waals surface area contributed by atoms with Gasteiger partial charge < -0.3 is 15.8 Å². The largest absolute Gasteiger partial charge is 0.491 e. The van der Waals surface area contributed by atoms with E-state index in [4.69, 9.17) is 5.73 Å². The smallest absolute Gasteiger partial charge is 0.380 e. The Labute approximate surface area is 252 Å². The summed E-state index contributed by atoms with van der Waals surface area (Å²) in [5.41, 5.74) is 9.99. The molecule has 2 aromatic carbocycles. The Bertz CT molecular complexity index is 1160. The summed E-state index contributed by atoms with van der Waals surface area (Å²) in [6, 6.07) is 11.8. The van der Waals surface area contributed by atoms with E-state index in [2.05, 4.69) is 61.7 Å². The Kier molecular flexibility index (Phi) is 17.9. The third-order valence-electron chi connectivity index (χ3n) is 4.61. The van der Waals surface area contributed by atoms with Crippen LogP contribution in [0.1, 0.15) is 29.7 Å². The minimum absolute atomic E-state index is 0. The van der Waals surface area contributed by atoms with Crippen molar-refractivity contribution < 1.29 is 58.6 Å². The monoisotopic (exact) mass is 748 g/mol. The zero-order valence-electron chi connectivity index (χ0n) is 21.2. The Morgan fingerprint density at radius 3 is 1.43 bits per heavy atom. The van der Waals surface area contributed by atoms with Crippen molar-refractivity contribution >= 4 is 49.7 Å². The topological polar surface area (TPSA) is 98.5 Å². The summed E-state index contributed by atoms with van der Waals surface area (Å²) in [6.07, 6.45) is -14.7. The second-order valence-corrected chi connectivity index (χ2v) is 9.69. The molecule has 0 aliphatic heterocycles. The van der Waals surface area contributed by atoms with Gasteiger partial charge in [-0.25, -0.2) is 9.59 Å². The average Bonchev–Trinajstić information content (AvgIpc) is 2.81. The highest BCUT2D eigenvalue weighted by atomic mass is 79.9. The van der Waals surface area contributed by atoms with Gasteiger partial charge in [0, 0.05) is 15.5 Å². The maximum Gasteiger partial charge on any atom is 0.491 e. The van der Waals surface area contributed by atoms with Gasteiger partial charge >= 0.3 is 36.4 Å². The van der Waals surface area contributed by atoms with Gasteiger partial charge in [-0.15, -0.1) is 0 Å². The molecular formula is C25H27Br2F9N2O4. The number of aryl methyl sites for hydroxylation is 2. The molecule has 2 aromatic rings. The van der Waals surface area contributed by atoms with Gasteiger partial charge in [-0.3, -0.25) is 4.79 Å². The lowest BCUT2D eigenvalue weighted by atomic mass is 10.1. The van der Waals surface area contributed by atoms with E-state index in [0.717, 1.165) is 33.0 Å². The van der Waals surface area contributed by atoms with E-state index in [9.17, 15) is 53.9 Å². The van der Waals surface area contributed by atoms with E-state index in [-0.39, 0.29) is 14.0 Å². The zero-order chi connectivity index (χ0) is 32.2. The minimum Gasteiger partial charge on any atom is -0.380 e. The van der Waals surface area contributed by atoms with Crippen LogP contribution in [-0.4, -0.2) is 49.5 Å². The number of hydrogen-bond donors (Lipinski definition) is 2. The molecule has 0 radical (unpaired) electrons. The van der Waals surface area contributed by atoms with Crippen molar-refractivity contribution in [3.8, 4) is 0 Å². The summed E-state index contributed by atoms with van der Waals surface area (Å²) in [4.78, 5) is 29.9. The van der Waals surface area contributed by atoms with Gasteiger partial charge in [0.25, 0.3) is 0 Å². The quantitative estimate of drug-likeness (QED) is 0.194. The highest BCUT2D eigenvalue weighted by Crippen LogP contribution is 2.22. The van der Waals surface area contributed by atoms with Gasteiger partial charge in [-0.05, 0) is 79.8 Å². The fourth-order valence-corrected chi connectivity index (χ4v) is 3.60. The van der Waals surface area contributed by atoms with E-state index in [1.807, 2.05) is 30.4 Å². The van der Waals surface area contributed by atoms with Crippen LogP contribution < -0.4 is 11.1 Å². The van der Waals surface area contributed by atoms with Gasteiger partial charge in [0.2, 0.25) is 0 Å². The van der Waals surface area contributed by atoms with Crippen LogP contribution in [0.15, 0.2) is 45.3 Å². The van der Waals surface area contributed by atoms with Crippen molar-refractivity contribution in [2.75, 3.05) is 13.1 Å². The van der Waals surface area contributed by atoms with Crippen LogP contribution in [0.5, 0.6) is 0 Å². The Hall–Kier alpha value is -2.66. The maximum atomic E-state index is 11.9. The predicted molar refractivity (Wildman–Crippen MR) is 143 cm³/mol. The van der Waals surface area contributed by atoms with E-state index >= 15 is 0 Å². The fraction of sp³-hybridized carbons (Fsp3) is 0.400. The molecule has 0 saturated carbocycles. The molecule has 0 aliphatic rings. The Balaban J connectivity index is 0. The summed E-state index contributed by atoms with van der Waals surface area (Å²) in [5, 5.41) is 1.84. The number of nitrogens with one attached hydrogen (secondary N) is 1. The fourth-order valence-electron chi connectivity index (χ4n) is 2.65. The highest BCUT2D eigenvalue weighted by Gasteiger charge is 2.49. The van der Waals surface area contributed by atoms with Crippen molar-refractivity contribution in [2.45, 2.75) is 52.6 Å². The van der Waals surface area contributed by atoms with Crippen molar-refractivity contribution in [3.63, 3.8) is 0 Å². The normalized spacial score (nSPS) is 11.1. The molecule has 0 unspecified atom stereocenters. The Morgan fingerprint density at radius 1 is 0.738 bits per heavy atom. The molecule has 1 amide bonds. The van der Waals surface area contributed by atoms with Crippen LogP contribution >= 0.6 is 31.9 Å². The first-order valence-electron chi connectivity index (χ1n) is 11.0. The molecule has 3 N–H and O–H groups in total. The lowest BCUT2D eigenvalue weighted by Gasteiger charge is -2.09. The van der Waals surface area contributed by atoms with Crippen LogP contribution in [0, 0.1) is 13.8 Å². The maximum absolute atomic E-state index is 11.9. The summed E-state index contributed by atoms with van der Waals surface area (Å²) in [7, 11) is 0. The number of rotatable bonds is 5. The van der Waals surface area contributed by atoms with E-state index in [1.165, 1.54) is 11.1 Å². The minimum atomic E-state index is -5.62. The lowest BCUT2D eigenvalue weighted by molar-refractivity contribution is -0.221. The predicted octanol–water partition coefficient (Wildman–Crippen LogP) is 7.05. The molecule has 0 heterocycles. The number of alkyl halides is 9. The second-order valence-electron chi connectivity index (χ2n) is 7.86. The molecule has 0 saturated heterocycles. The van der Waals surface area contributed by atoms with Crippen molar-refractivity contribution in [1.29, 1.82) is 0 Å². The molecular weight excluding hydrogens is 723 g/mol. The average molecular weight is 750 g/mol. The molecule has 0 bridgehead atoms. The van der Waals surface area contributed by atoms with Gasteiger partial charge in [0.05, 0.1) is 0 Å². The van der Waals surface area contributed by atoms with Crippen molar-refractivity contribution in [1.82, 2.24) is 5.32 Å². The standard InChI is InChI=1S/C11H11BrF3NO.C9H12BrN.C4F6O3.CH4/c1-7-6-9(12)3-2-8(7)4-5-16-10(17)11(13,14)15;1-7-6-9(10)3-2-8(7)4-5-11;5-3(6,7)1(11)13-2(12)4(8,9)10;/h2-3,6H,4-5H2,1H3,(H,16,17);2-3,6H,4-5,11H2,1H3;;1H4. The van der Waals surface area contributed by atoms with Crippen LogP contribution in [-0.2, 0) is 32.0 Å². The molecule has 42 heavy (non-hydrogen) atoms. The van der Waals surface area contributed by atoms with Gasteiger partial charge in [-0.2, -0.15) is 39.5 Å². The highest BCUT2D eigenvalue weighted by molar-refractivity contribution is 9.10. The molecule has 0 aliphatic carbocycles. The number of carbonyl (C=O) groups excluding carboxylic acids is 3. The molecule has 17 heteroatoms. The van der Waals surface area contributed by atoms with Crippen LogP contribution in [0.25, 0.3) is 0 Å². The number of carbonyl (C=O) groups is 3. The summed E-state index contributed by atoms with van der Waals surface area (Å²) in [6.45, 7) is 4.67. The van der Waals surface area contributed by atoms with E-state index in [0.29, 0.717) is 6.42 Å². The number of ether oxygens (including phenoxy) is 1. The van der Waals surface area contributed by atoms with E-state index in [1.54, 1.807) is 0 Å². The SMILES string of the molecule is C.Cc1cc(Br)ccc1CCN.Cc1cc(Br)ccc1CCNC(=O)C(F)(F)F.O=C(OC(=O)C(F)(F)F)C(F)(F)F. The number of hydrogen-bond acceptors (Lipinski definition) is 5. The number of amides is 1. The number of halogens is 11. The van der Waals surface area contributed by atoms with E-state index < -0.39 is 36.4 Å². The second kappa shape index (κ2) is 18.1. The zero-order valence-corrected chi connectivity index (χ0v) is 24.3. The van der Waals surface area contributed by atoms with Gasteiger partial charge in [-0.1, -0.05) is 51.4 Å². The molecule has 6 nitrogen and oxygen atoms in total. The number of esters is 2. The van der Waals surface area contributed by atoms with Crippen LogP contribution in [0.4, 0.5) is 39.5 Å². The third kappa shape index (κ3) is 16.7. The first kappa shape index (κ1) is 41.5. The summed E-state index contributed by atoms with van der Waals surface area (Å²) in [5.74, 6) is -8.29. The molecule has 0 spiro atoms. The van der Waals surface area contributed by atoms with Gasteiger partial charge in [0.15, 0.2) is 0 Å². The summed E-state index contributed by atoms with van der Waals surface area (Å²) >= 11 is 6.71. The first-order valence-corrected chi connectivity index (χ1v) is 12.6. The first-order chi connectivity index (χ1) is 18.6. The number of nitrogens with two attached hydrogens (primary N) is 1. The Morgan fingerprint density at radius 2 is 1.12 bits per heavy atom. The van der Waals surface area contributed by atoms with Crippen LogP contribution in [0.2, 0.25) is 0 Å². The molecule has 238 valence electrons.